The molecule has 0 saturated carbocycles. The van der Waals surface area contributed by atoms with Crippen LogP contribution in [0.25, 0.3) is 10.8 Å². The molecule has 1 heterocycles. The van der Waals surface area contributed by atoms with E-state index >= 15 is 0 Å². The Kier molecular flexibility index (Phi) is 7.63. The standard InChI is InChI=1S/C23H24N2O5/c26-21(25-28)13-3-1-2-9-18(23(27)24-22-14-7-15-29-22)16-30-20-12-6-10-17-8-4-5-11-19(17)20/h4-12,14-15,28H,1-3,13,16H2,(H,24,27)(H,25,26)/b18-9+. The molecule has 0 spiro atoms. The maximum Gasteiger partial charge on any atom is 0.257 e. The van der Waals surface area contributed by atoms with Gasteiger partial charge in [0, 0.05) is 17.9 Å². The van der Waals surface area contributed by atoms with Gasteiger partial charge in [-0.2, -0.15) is 0 Å². The lowest BCUT2D eigenvalue weighted by atomic mass is 10.1. The second kappa shape index (κ2) is 10.8. The number of fused-ring (bicyclic) bond motifs is 1. The first kappa shape index (κ1) is 21.1. The van der Waals surface area contributed by atoms with Crippen LogP contribution in [0.2, 0.25) is 0 Å². The monoisotopic (exact) mass is 408 g/mol. The predicted molar refractivity (Wildman–Crippen MR) is 113 cm³/mol. The summed E-state index contributed by atoms with van der Waals surface area (Å²) in [5, 5.41) is 13.3. The van der Waals surface area contributed by atoms with Crippen molar-refractivity contribution < 1.29 is 24.0 Å². The van der Waals surface area contributed by atoms with Gasteiger partial charge >= 0.3 is 0 Å². The molecule has 7 heteroatoms. The molecule has 0 aliphatic rings. The van der Waals surface area contributed by atoms with Crippen LogP contribution >= 0.6 is 0 Å². The lowest BCUT2D eigenvalue weighted by Gasteiger charge is -2.12. The van der Waals surface area contributed by atoms with E-state index in [2.05, 4.69) is 5.32 Å². The quantitative estimate of drug-likeness (QED) is 0.199. The van der Waals surface area contributed by atoms with Crippen molar-refractivity contribution in [2.24, 2.45) is 0 Å². The Bertz CT molecular complexity index is 1010. The van der Waals surface area contributed by atoms with Crippen molar-refractivity contribution in [1.82, 2.24) is 5.48 Å². The fraction of sp³-hybridized carbons (Fsp3) is 0.217. The number of allylic oxidation sites excluding steroid dienone is 1. The molecule has 3 aromatic rings. The molecule has 2 amide bonds. The number of carbonyl (C=O) groups excluding carboxylic acids is 2. The molecule has 156 valence electrons. The molecule has 7 nitrogen and oxygen atoms in total. The maximum absolute atomic E-state index is 12.7. The molecule has 3 N–H and O–H groups in total. The zero-order valence-corrected chi connectivity index (χ0v) is 16.5. The topological polar surface area (TPSA) is 101 Å². The lowest BCUT2D eigenvalue weighted by Crippen LogP contribution is -2.19. The van der Waals surface area contributed by atoms with Gasteiger partial charge in [0.2, 0.25) is 5.91 Å². The second-order valence-corrected chi connectivity index (χ2v) is 6.71. The van der Waals surface area contributed by atoms with E-state index in [1.807, 2.05) is 42.5 Å². The molecule has 0 aliphatic carbocycles. The van der Waals surface area contributed by atoms with Crippen LogP contribution < -0.4 is 15.5 Å². The number of ether oxygens (including phenoxy) is 1. The molecule has 30 heavy (non-hydrogen) atoms. The van der Waals surface area contributed by atoms with Crippen LogP contribution in [0.5, 0.6) is 5.75 Å². The number of hydrogen-bond acceptors (Lipinski definition) is 5. The molecule has 2 aromatic carbocycles. The van der Waals surface area contributed by atoms with Gasteiger partial charge < -0.3 is 9.15 Å². The molecule has 0 unspecified atom stereocenters. The van der Waals surface area contributed by atoms with Gasteiger partial charge in [-0.25, -0.2) is 5.48 Å². The van der Waals surface area contributed by atoms with Crippen molar-refractivity contribution in [2.45, 2.75) is 25.7 Å². The molecule has 1 aromatic heterocycles. The van der Waals surface area contributed by atoms with Crippen LogP contribution in [-0.2, 0) is 9.59 Å². The summed E-state index contributed by atoms with van der Waals surface area (Å²) in [6.45, 7) is 0.0949. The Labute approximate surface area is 174 Å². The number of hydrogen-bond donors (Lipinski definition) is 3. The van der Waals surface area contributed by atoms with E-state index in [0.717, 1.165) is 10.8 Å². The van der Waals surface area contributed by atoms with Crippen molar-refractivity contribution in [2.75, 3.05) is 11.9 Å². The molecule has 0 fully saturated rings. The lowest BCUT2D eigenvalue weighted by molar-refractivity contribution is -0.129. The molecular formula is C23H24N2O5. The summed E-state index contributed by atoms with van der Waals surface area (Å²) in [5.41, 5.74) is 2.08. The minimum absolute atomic E-state index is 0.0949. The van der Waals surface area contributed by atoms with Gasteiger partial charge in [-0.1, -0.05) is 42.5 Å². The first-order valence-corrected chi connectivity index (χ1v) is 9.75. The van der Waals surface area contributed by atoms with Crippen LogP contribution in [0.3, 0.4) is 0 Å². The van der Waals surface area contributed by atoms with Gasteiger partial charge in [-0.15, -0.1) is 0 Å². The Morgan fingerprint density at radius 1 is 1.03 bits per heavy atom. The zero-order valence-electron chi connectivity index (χ0n) is 16.5. The predicted octanol–water partition coefficient (Wildman–Crippen LogP) is 4.44. The minimum Gasteiger partial charge on any atom is -0.488 e. The van der Waals surface area contributed by atoms with Crippen LogP contribution in [0.1, 0.15) is 25.7 Å². The van der Waals surface area contributed by atoms with E-state index in [9.17, 15) is 9.59 Å². The van der Waals surface area contributed by atoms with Gasteiger partial charge in [-0.3, -0.25) is 20.1 Å². The van der Waals surface area contributed by atoms with Crippen molar-refractivity contribution in [1.29, 1.82) is 0 Å². The average molecular weight is 408 g/mol. The minimum atomic E-state index is -0.422. The number of benzene rings is 2. The summed E-state index contributed by atoms with van der Waals surface area (Å²) in [6, 6.07) is 17.0. The van der Waals surface area contributed by atoms with Gasteiger partial charge in [0.15, 0.2) is 5.88 Å². The molecule has 0 radical (unpaired) electrons. The van der Waals surface area contributed by atoms with Crippen LogP contribution in [0.15, 0.2) is 76.9 Å². The van der Waals surface area contributed by atoms with Gasteiger partial charge in [-0.05, 0) is 36.8 Å². The van der Waals surface area contributed by atoms with E-state index in [0.29, 0.717) is 36.5 Å². The summed E-state index contributed by atoms with van der Waals surface area (Å²) in [4.78, 5) is 23.8. The number of carbonyl (C=O) groups is 2. The molecule has 0 atom stereocenters. The van der Waals surface area contributed by atoms with Crippen LogP contribution in [0, 0.1) is 0 Å². The number of hydroxylamine groups is 1. The highest BCUT2D eigenvalue weighted by Crippen LogP contribution is 2.25. The Hall–Kier alpha value is -3.58. The molecule has 0 bridgehead atoms. The Balaban J connectivity index is 1.67. The first-order chi connectivity index (χ1) is 14.7. The molecule has 0 saturated heterocycles. The Morgan fingerprint density at radius 2 is 1.87 bits per heavy atom. The number of unbranched alkanes of at least 4 members (excludes halogenated alkanes) is 2. The smallest absolute Gasteiger partial charge is 0.257 e. The average Bonchev–Trinajstić information content (AvgIpc) is 3.28. The number of amides is 2. The summed E-state index contributed by atoms with van der Waals surface area (Å²) in [5.74, 6) is 0.326. The summed E-state index contributed by atoms with van der Waals surface area (Å²) in [7, 11) is 0. The largest absolute Gasteiger partial charge is 0.488 e. The summed E-state index contributed by atoms with van der Waals surface area (Å²) in [6.07, 6.45) is 5.40. The fourth-order valence-corrected chi connectivity index (χ4v) is 3.00. The SMILES string of the molecule is O=C(CCCC/C=C(\COc1cccc2ccccc12)C(=O)Nc1ccco1)NO. The van der Waals surface area contributed by atoms with E-state index in [4.69, 9.17) is 14.4 Å². The third kappa shape index (κ3) is 5.96. The summed E-state index contributed by atoms with van der Waals surface area (Å²) < 4.78 is 11.2. The zero-order chi connectivity index (χ0) is 21.2. The highest BCUT2D eigenvalue weighted by atomic mass is 16.5. The third-order valence-corrected chi connectivity index (χ3v) is 4.56. The van der Waals surface area contributed by atoms with E-state index < -0.39 is 5.91 Å². The van der Waals surface area contributed by atoms with E-state index in [-0.39, 0.29) is 18.9 Å². The normalized spacial score (nSPS) is 11.3. The van der Waals surface area contributed by atoms with Crippen molar-refractivity contribution in [3.63, 3.8) is 0 Å². The summed E-state index contributed by atoms with van der Waals surface area (Å²) >= 11 is 0. The third-order valence-electron chi connectivity index (χ3n) is 4.56. The maximum atomic E-state index is 12.7. The van der Waals surface area contributed by atoms with Crippen molar-refractivity contribution in [3.8, 4) is 5.75 Å². The van der Waals surface area contributed by atoms with E-state index in [1.165, 1.54) is 6.26 Å². The van der Waals surface area contributed by atoms with Crippen LogP contribution in [-0.4, -0.2) is 23.6 Å². The number of rotatable bonds is 10. The number of anilines is 1. The van der Waals surface area contributed by atoms with Crippen molar-refractivity contribution >= 4 is 28.5 Å². The Morgan fingerprint density at radius 3 is 2.67 bits per heavy atom. The van der Waals surface area contributed by atoms with Crippen molar-refractivity contribution in [3.05, 3.63) is 72.5 Å². The van der Waals surface area contributed by atoms with Gasteiger partial charge in [0.25, 0.3) is 5.91 Å². The highest BCUT2D eigenvalue weighted by molar-refractivity contribution is 6.03. The first-order valence-electron chi connectivity index (χ1n) is 9.75. The molecule has 3 rings (SSSR count). The van der Waals surface area contributed by atoms with Gasteiger partial charge in [0.05, 0.1) is 11.8 Å². The second-order valence-electron chi connectivity index (χ2n) is 6.71. The molecular weight excluding hydrogens is 384 g/mol. The van der Waals surface area contributed by atoms with Gasteiger partial charge in [0.1, 0.15) is 12.4 Å². The fourth-order valence-electron chi connectivity index (χ4n) is 3.00. The highest BCUT2D eigenvalue weighted by Gasteiger charge is 2.13. The number of furan rings is 1. The molecule has 0 aliphatic heterocycles. The van der Waals surface area contributed by atoms with E-state index in [1.54, 1.807) is 23.7 Å². The van der Waals surface area contributed by atoms with Crippen LogP contribution in [0.4, 0.5) is 5.88 Å². The number of nitrogens with one attached hydrogen (secondary N) is 2.